The highest BCUT2D eigenvalue weighted by atomic mass is 32.2. The smallest absolute Gasteiger partial charge is 0.165 e. The lowest BCUT2D eigenvalue weighted by Crippen LogP contribution is -2.60. The Bertz CT molecular complexity index is 1440. The molecule has 2 aromatic rings. The number of allylic oxidation sites excluding steroid dienone is 3. The van der Waals surface area contributed by atoms with Gasteiger partial charge < -0.3 is 11.1 Å². The van der Waals surface area contributed by atoms with Crippen molar-refractivity contribution in [3.05, 3.63) is 53.8 Å². The van der Waals surface area contributed by atoms with Crippen molar-refractivity contribution in [1.82, 2.24) is 9.97 Å². The van der Waals surface area contributed by atoms with Crippen LogP contribution in [0, 0.1) is 23.2 Å². The van der Waals surface area contributed by atoms with Crippen molar-refractivity contribution < 1.29 is 12.8 Å². The number of nitriles is 1. The standard InChI is InChI=1S/C24H25FN6O2S/c1-23(13-34(32,33)24(2,16-3-4-16)22(27)31-23)18-10-17(5-6-19(18)25)30-21-20-15(7-8-28-21)9-14(11-26)12-29-20/h5-9,12,16,18H,3-4,10,13H2,1-2H3,(H2,27,31)(H,28,30)/t18?,23-,24-/m0/s1. The Morgan fingerprint density at radius 1 is 1.26 bits per heavy atom. The summed E-state index contributed by atoms with van der Waals surface area (Å²) in [4.78, 5) is 13.3. The maximum absolute atomic E-state index is 15.1. The topological polar surface area (TPSA) is 134 Å². The Hall–Kier alpha value is -3.32. The van der Waals surface area contributed by atoms with Gasteiger partial charge >= 0.3 is 0 Å². The van der Waals surface area contributed by atoms with Gasteiger partial charge in [-0.15, -0.1) is 0 Å². The van der Waals surface area contributed by atoms with Gasteiger partial charge in [0.05, 0.1) is 16.9 Å². The first-order chi connectivity index (χ1) is 16.1. The third-order valence-electron chi connectivity index (χ3n) is 7.33. The summed E-state index contributed by atoms with van der Waals surface area (Å²) in [7, 11) is -3.64. The second-order valence-electron chi connectivity index (χ2n) is 9.69. The van der Waals surface area contributed by atoms with Crippen LogP contribution in [0.15, 0.2) is 53.2 Å². The molecule has 0 bridgehead atoms. The highest BCUT2D eigenvalue weighted by Gasteiger charge is 2.60. The van der Waals surface area contributed by atoms with Crippen LogP contribution in [-0.2, 0) is 9.84 Å². The molecule has 1 fully saturated rings. The van der Waals surface area contributed by atoms with Crippen LogP contribution in [0.1, 0.15) is 38.7 Å². The molecule has 3 N–H and O–H groups in total. The number of rotatable bonds is 4. The summed E-state index contributed by atoms with van der Waals surface area (Å²) in [5, 5.41) is 13.1. The lowest BCUT2D eigenvalue weighted by atomic mass is 9.80. The van der Waals surface area contributed by atoms with E-state index in [4.69, 9.17) is 11.0 Å². The number of sulfone groups is 1. The molecule has 3 heterocycles. The summed E-state index contributed by atoms with van der Waals surface area (Å²) in [6.07, 6.45) is 7.82. The monoisotopic (exact) mass is 480 g/mol. The molecule has 8 nitrogen and oxygen atoms in total. The summed E-state index contributed by atoms with van der Waals surface area (Å²) in [6.45, 7) is 3.31. The zero-order valence-corrected chi connectivity index (χ0v) is 19.7. The molecule has 34 heavy (non-hydrogen) atoms. The molecular weight excluding hydrogens is 455 g/mol. The second-order valence-corrected chi connectivity index (χ2v) is 12.1. The number of hydrogen-bond acceptors (Lipinski definition) is 8. The average Bonchev–Trinajstić information content (AvgIpc) is 3.64. The van der Waals surface area contributed by atoms with Crippen LogP contribution >= 0.6 is 0 Å². The highest BCUT2D eigenvalue weighted by Crippen LogP contribution is 2.50. The highest BCUT2D eigenvalue weighted by molar-refractivity contribution is 7.93. The van der Waals surface area contributed by atoms with Crippen LogP contribution < -0.4 is 11.1 Å². The molecule has 0 aromatic carbocycles. The number of aliphatic imine (C=N–C) groups is 1. The average molecular weight is 481 g/mol. The zero-order valence-electron chi connectivity index (χ0n) is 18.9. The summed E-state index contributed by atoms with van der Waals surface area (Å²) in [5.74, 6) is -0.983. The van der Waals surface area contributed by atoms with Gasteiger partial charge in [0.2, 0.25) is 0 Å². The molecule has 1 aliphatic heterocycles. The van der Waals surface area contributed by atoms with Gasteiger partial charge in [-0.3, -0.25) is 9.98 Å². The van der Waals surface area contributed by atoms with Gasteiger partial charge in [-0.05, 0) is 63.3 Å². The number of hydrogen-bond donors (Lipinski definition) is 2. The van der Waals surface area contributed by atoms with Crippen molar-refractivity contribution in [3.63, 3.8) is 0 Å². The first-order valence-corrected chi connectivity index (χ1v) is 12.8. The molecule has 1 unspecified atom stereocenters. The van der Waals surface area contributed by atoms with E-state index in [1.54, 1.807) is 38.3 Å². The number of halogens is 1. The predicted octanol–water partition coefficient (Wildman–Crippen LogP) is 3.38. The number of amidine groups is 1. The Kier molecular flexibility index (Phi) is 5.02. The molecule has 3 aliphatic rings. The van der Waals surface area contributed by atoms with Crippen molar-refractivity contribution in [2.75, 3.05) is 11.1 Å². The molecule has 0 spiro atoms. The van der Waals surface area contributed by atoms with Crippen molar-refractivity contribution >= 4 is 32.4 Å². The molecule has 2 aliphatic carbocycles. The van der Waals surface area contributed by atoms with E-state index in [1.807, 2.05) is 0 Å². The van der Waals surface area contributed by atoms with E-state index < -0.39 is 31.9 Å². The van der Waals surface area contributed by atoms with Gasteiger partial charge in [-0.1, -0.05) is 0 Å². The van der Waals surface area contributed by atoms with E-state index in [0.717, 1.165) is 18.2 Å². The van der Waals surface area contributed by atoms with Gasteiger partial charge in [-0.2, -0.15) is 5.26 Å². The molecule has 0 amide bonds. The van der Waals surface area contributed by atoms with E-state index in [1.165, 1.54) is 12.3 Å². The summed E-state index contributed by atoms with van der Waals surface area (Å²) >= 11 is 0. The SMILES string of the molecule is C[C@@]1(C2CC(Nc3nccc4cc(C#N)cnc34)=CC=C2F)CS(=O)(=O)[C@@](C)(C2CC2)C(N)=N1. The number of aromatic nitrogens is 2. The second kappa shape index (κ2) is 7.60. The van der Waals surface area contributed by atoms with Crippen molar-refractivity contribution in [3.8, 4) is 6.07 Å². The van der Waals surface area contributed by atoms with Gasteiger partial charge in [0.1, 0.15) is 28.0 Å². The Balaban J connectivity index is 1.45. The third-order valence-corrected chi connectivity index (χ3v) is 10.1. The van der Waals surface area contributed by atoms with Crippen LogP contribution in [0.5, 0.6) is 0 Å². The lowest BCUT2D eigenvalue weighted by Gasteiger charge is -2.43. The van der Waals surface area contributed by atoms with E-state index in [9.17, 15) is 8.42 Å². The molecule has 10 heteroatoms. The van der Waals surface area contributed by atoms with E-state index >= 15 is 4.39 Å². The van der Waals surface area contributed by atoms with Crippen LogP contribution in [-0.4, -0.2) is 40.3 Å². The van der Waals surface area contributed by atoms with Crippen molar-refractivity contribution in [1.29, 1.82) is 5.26 Å². The summed E-state index contributed by atoms with van der Waals surface area (Å²) < 4.78 is 40.6. The van der Waals surface area contributed by atoms with E-state index in [0.29, 0.717) is 22.6 Å². The van der Waals surface area contributed by atoms with Crippen LogP contribution in [0.2, 0.25) is 0 Å². The van der Waals surface area contributed by atoms with Gasteiger partial charge in [0, 0.05) is 29.4 Å². The fourth-order valence-corrected chi connectivity index (χ4v) is 7.49. The molecular formula is C24H25FN6O2S. The number of nitrogens with zero attached hydrogens (tertiary/aromatic N) is 4. The van der Waals surface area contributed by atoms with Gasteiger partial charge in [0.15, 0.2) is 15.7 Å². The quantitative estimate of drug-likeness (QED) is 0.685. The number of anilines is 1. The molecule has 0 saturated heterocycles. The molecule has 3 atom stereocenters. The Morgan fingerprint density at radius 2 is 2.03 bits per heavy atom. The zero-order chi connectivity index (χ0) is 24.3. The molecule has 176 valence electrons. The minimum atomic E-state index is -3.64. The third kappa shape index (κ3) is 3.46. The van der Waals surface area contributed by atoms with Crippen molar-refractivity contribution in [2.24, 2.45) is 22.6 Å². The van der Waals surface area contributed by atoms with E-state index in [2.05, 4.69) is 26.3 Å². The fraction of sp³-hybridized carbons (Fsp3) is 0.417. The van der Waals surface area contributed by atoms with Crippen LogP contribution in [0.25, 0.3) is 10.9 Å². The van der Waals surface area contributed by atoms with Gasteiger partial charge in [-0.25, -0.2) is 17.8 Å². The first-order valence-electron chi connectivity index (χ1n) is 11.1. The van der Waals surface area contributed by atoms with Crippen molar-refractivity contribution in [2.45, 2.75) is 43.4 Å². The molecule has 5 rings (SSSR count). The predicted molar refractivity (Wildman–Crippen MR) is 128 cm³/mol. The number of fused-ring (bicyclic) bond motifs is 1. The minimum absolute atomic E-state index is 0.0267. The normalized spacial score (nSPS) is 30.6. The van der Waals surface area contributed by atoms with Crippen LogP contribution in [0.4, 0.5) is 10.2 Å². The lowest BCUT2D eigenvalue weighted by molar-refractivity contribution is 0.306. The molecule has 0 radical (unpaired) electrons. The summed E-state index contributed by atoms with van der Waals surface area (Å²) in [6, 6.07) is 5.54. The fourth-order valence-electron chi connectivity index (χ4n) is 5.04. The maximum Gasteiger partial charge on any atom is 0.165 e. The largest absolute Gasteiger partial charge is 0.386 e. The Labute approximate surface area is 197 Å². The maximum atomic E-state index is 15.1. The molecule has 1 saturated carbocycles. The number of nitrogens with two attached hydrogens (primary N) is 1. The number of pyridine rings is 2. The van der Waals surface area contributed by atoms with E-state index in [-0.39, 0.29) is 23.9 Å². The van der Waals surface area contributed by atoms with Gasteiger partial charge in [0.25, 0.3) is 0 Å². The Morgan fingerprint density at radius 3 is 2.71 bits per heavy atom. The summed E-state index contributed by atoms with van der Waals surface area (Å²) in [5.41, 5.74) is 6.69. The first kappa shape index (κ1) is 22.5. The van der Waals surface area contributed by atoms with Crippen LogP contribution in [0.3, 0.4) is 0 Å². The number of nitrogens with one attached hydrogen (secondary N) is 1. The molecule has 2 aromatic heterocycles. The minimum Gasteiger partial charge on any atom is -0.386 e.